The molecular weight excluding hydrogens is 192 g/mol. The van der Waals surface area contributed by atoms with Crippen molar-refractivity contribution in [3.05, 3.63) is 0 Å². The highest BCUT2D eigenvalue weighted by Crippen LogP contribution is 1.98. The summed E-state index contributed by atoms with van der Waals surface area (Å²) in [5.41, 5.74) is 0. The van der Waals surface area contributed by atoms with E-state index >= 15 is 0 Å². The topological polar surface area (TPSA) is 68.3 Å². The van der Waals surface area contributed by atoms with Gasteiger partial charge in [0.2, 0.25) is 0 Å². The maximum atomic E-state index is 11.1. The molecule has 76 valence electrons. The van der Waals surface area contributed by atoms with E-state index in [4.69, 9.17) is 0 Å². The fraction of sp³-hybridized carbons (Fsp3) is 0.750. The second-order valence-electron chi connectivity index (χ2n) is 3.06. The molecular formula is C8H14O4S. The van der Waals surface area contributed by atoms with E-state index < -0.39 is 9.84 Å². The Bertz CT molecular complexity index is 265. The third kappa shape index (κ3) is 7.64. The summed E-state index contributed by atoms with van der Waals surface area (Å²) in [5, 5.41) is 0. The molecule has 0 rings (SSSR count). The molecule has 0 aliphatic heterocycles. The summed E-state index contributed by atoms with van der Waals surface area (Å²) < 4.78 is 22.3. The van der Waals surface area contributed by atoms with E-state index in [0.717, 1.165) is 0 Å². The molecule has 0 saturated heterocycles. The minimum absolute atomic E-state index is 0.0419. The van der Waals surface area contributed by atoms with Crippen molar-refractivity contribution in [1.82, 2.24) is 0 Å². The fourth-order valence-corrected chi connectivity index (χ4v) is 2.10. The Morgan fingerprint density at radius 3 is 1.46 bits per heavy atom. The number of carbonyl (C=O) groups is 2. The van der Waals surface area contributed by atoms with Gasteiger partial charge in [-0.15, -0.1) is 0 Å². The monoisotopic (exact) mass is 206 g/mol. The minimum Gasteiger partial charge on any atom is -0.300 e. The van der Waals surface area contributed by atoms with Crippen molar-refractivity contribution < 1.29 is 18.0 Å². The Morgan fingerprint density at radius 2 is 1.23 bits per heavy atom. The molecule has 0 aromatic rings. The number of Topliss-reactive ketones (excluding diaryl/α,β-unsaturated/α-hetero) is 2. The van der Waals surface area contributed by atoms with Gasteiger partial charge in [0.1, 0.15) is 11.6 Å². The summed E-state index contributed by atoms with van der Waals surface area (Å²) >= 11 is 0. The summed E-state index contributed by atoms with van der Waals surface area (Å²) in [7, 11) is -3.21. The van der Waals surface area contributed by atoms with Crippen LogP contribution in [0.1, 0.15) is 26.7 Å². The Balaban J connectivity index is 3.95. The van der Waals surface area contributed by atoms with Gasteiger partial charge in [-0.25, -0.2) is 8.42 Å². The molecule has 0 unspecified atom stereocenters. The smallest absolute Gasteiger partial charge is 0.151 e. The van der Waals surface area contributed by atoms with Crippen LogP contribution >= 0.6 is 0 Å². The van der Waals surface area contributed by atoms with Crippen LogP contribution in [0.3, 0.4) is 0 Å². The highest BCUT2D eigenvalue weighted by atomic mass is 32.2. The van der Waals surface area contributed by atoms with Crippen LogP contribution in [0.25, 0.3) is 0 Å². The molecule has 0 N–H and O–H groups in total. The molecule has 0 aliphatic carbocycles. The molecule has 0 spiro atoms. The molecule has 0 aromatic carbocycles. The predicted molar refractivity (Wildman–Crippen MR) is 49.2 cm³/mol. The molecule has 0 aliphatic rings. The van der Waals surface area contributed by atoms with E-state index in [1.165, 1.54) is 13.8 Å². The molecule has 0 bridgehead atoms. The number of rotatable bonds is 6. The molecule has 4 nitrogen and oxygen atoms in total. The quantitative estimate of drug-likeness (QED) is 0.629. The van der Waals surface area contributed by atoms with Crippen LogP contribution in [0.4, 0.5) is 0 Å². The highest BCUT2D eigenvalue weighted by molar-refractivity contribution is 7.91. The van der Waals surface area contributed by atoms with Gasteiger partial charge in [-0.2, -0.15) is 0 Å². The van der Waals surface area contributed by atoms with Gasteiger partial charge in [-0.3, -0.25) is 9.59 Å². The van der Waals surface area contributed by atoms with Gasteiger partial charge in [0.05, 0.1) is 11.5 Å². The van der Waals surface area contributed by atoms with Gasteiger partial charge < -0.3 is 0 Å². The van der Waals surface area contributed by atoms with Crippen molar-refractivity contribution in [2.45, 2.75) is 26.7 Å². The van der Waals surface area contributed by atoms with Crippen LogP contribution in [0.2, 0.25) is 0 Å². The minimum atomic E-state index is -3.21. The average Bonchev–Trinajstić information content (AvgIpc) is 1.98. The van der Waals surface area contributed by atoms with Crippen LogP contribution in [0, 0.1) is 0 Å². The van der Waals surface area contributed by atoms with Crippen LogP contribution in [0.15, 0.2) is 0 Å². The number of ketones is 2. The van der Waals surface area contributed by atoms with Crippen LogP contribution in [-0.4, -0.2) is 31.5 Å². The van der Waals surface area contributed by atoms with E-state index in [2.05, 4.69) is 0 Å². The normalized spacial score (nSPS) is 11.2. The van der Waals surface area contributed by atoms with Gasteiger partial charge >= 0.3 is 0 Å². The highest BCUT2D eigenvalue weighted by Gasteiger charge is 2.12. The van der Waals surface area contributed by atoms with E-state index in [0.29, 0.717) is 0 Å². The Kier molecular flexibility index (Phi) is 4.83. The van der Waals surface area contributed by atoms with E-state index in [-0.39, 0.29) is 35.9 Å². The van der Waals surface area contributed by atoms with Gasteiger partial charge in [0.25, 0.3) is 0 Å². The van der Waals surface area contributed by atoms with Gasteiger partial charge in [-0.05, 0) is 13.8 Å². The molecule has 0 heterocycles. The lowest BCUT2D eigenvalue weighted by Crippen LogP contribution is -2.15. The first-order chi connectivity index (χ1) is 5.83. The van der Waals surface area contributed by atoms with Crippen molar-refractivity contribution in [3.63, 3.8) is 0 Å². The molecule has 0 radical (unpaired) electrons. The van der Waals surface area contributed by atoms with Crippen molar-refractivity contribution >= 4 is 21.4 Å². The molecule has 5 heteroatoms. The molecule has 0 atom stereocenters. The van der Waals surface area contributed by atoms with Crippen molar-refractivity contribution in [1.29, 1.82) is 0 Å². The Morgan fingerprint density at radius 1 is 0.923 bits per heavy atom. The van der Waals surface area contributed by atoms with Gasteiger partial charge in [0.15, 0.2) is 9.84 Å². The molecule has 0 aromatic heterocycles. The second-order valence-corrected chi connectivity index (χ2v) is 5.36. The summed E-state index contributed by atoms with van der Waals surface area (Å²) in [4.78, 5) is 21.0. The predicted octanol–water partition coefficient (Wildman–Crippen LogP) is 0.359. The molecule has 0 amide bonds. The molecule has 0 saturated carbocycles. The van der Waals surface area contributed by atoms with Crippen molar-refractivity contribution in [2.75, 3.05) is 11.5 Å². The third-order valence-electron chi connectivity index (χ3n) is 1.53. The number of sulfone groups is 1. The average molecular weight is 206 g/mol. The Labute approximate surface area is 78.2 Å². The van der Waals surface area contributed by atoms with Crippen LogP contribution < -0.4 is 0 Å². The maximum Gasteiger partial charge on any atom is 0.151 e. The number of carbonyl (C=O) groups excluding carboxylic acids is 2. The van der Waals surface area contributed by atoms with E-state index in [1.807, 2.05) is 0 Å². The number of hydrogen-bond acceptors (Lipinski definition) is 4. The summed E-state index contributed by atoms with van der Waals surface area (Å²) in [6.45, 7) is 2.70. The third-order valence-corrected chi connectivity index (χ3v) is 3.18. The van der Waals surface area contributed by atoms with E-state index in [1.54, 1.807) is 0 Å². The van der Waals surface area contributed by atoms with Gasteiger partial charge in [-0.1, -0.05) is 0 Å². The van der Waals surface area contributed by atoms with Crippen LogP contribution in [0.5, 0.6) is 0 Å². The zero-order chi connectivity index (χ0) is 10.5. The first-order valence-electron chi connectivity index (χ1n) is 4.03. The largest absolute Gasteiger partial charge is 0.300 e. The fourth-order valence-electron chi connectivity index (χ4n) is 0.701. The molecule has 0 fully saturated rings. The lowest BCUT2D eigenvalue weighted by molar-refractivity contribution is -0.117. The summed E-state index contributed by atoms with van der Waals surface area (Å²) in [6, 6.07) is 0. The van der Waals surface area contributed by atoms with Crippen molar-refractivity contribution in [2.24, 2.45) is 0 Å². The lowest BCUT2D eigenvalue weighted by Gasteiger charge is -2.00. The first-order valence-corrected chi connectivity index (χ1v) is 5.85. The zero-order valence-corrected chi connectivity index (χ0v) is 8.69. The summed E-state index contributed by atoms with van der Waals surface area (Å²) in [5.74, 6) is -0.580. The molecule has 13 heavy (non-hydrogen) atoms. The second kappa shape index (κ2) is 5.11. The summed E-state index contributed by atoms with van der Waals surface area (Å²) in [6.07, 6.45) is 0.0838. The SMILES string of the molecule is CC(=O)CCS(=O)(=O)CCC(C)=O. The Hall–Kier alpha value is -0.710. The zero-order valence-electron chi connectivity index (χ0n) is 7.87. The first kappa shape index (κ1) is 12.3. The van der Waals surface area contributed by atoms with Crippen LogP contribution in [-0.2, 0) is 19.4 Å². The number of hydrogen-bond donors (Lipinski definition) is 0. The van der Waals surface area contributed by atoms with Gasteiger partial charge in [0, 0.05) is 12.8 Å². The standard InChI is InChI=1S/C8H14O4S/c1-7(9)3-5-13(11,12)6-4-8(2)10/h3-6H2,1-2H3. The lowest BCUT2D eigenvalue weighted by atomic mass is 10.3. The maximum absolute atomic E-state index is 11.1. The van der Waals surface area contributed by atoms with E-state index in [9.17, 15) is 18.0 Å². The van der Waals surface area contributed by atoms with Crippen molar-refractivity contribution in [3.8, 4) is 0 Å².